The van der Waals surface area contributed by atoms with E-state index in [1.54, 1.807) is 0 Å². The summed E-state index contributed by atoms with van der Waals surface area (Å²) in [4.78, 5) is 12.2. The number of amides is 1. The lowest BCUT2D eigenvalue weighted by atomic mass is 10.4. The van der Waals surface area contributed by atoms with E-state index in [0.717, 1.165) is 18.4 Å². The molecular formula is C8H7ClF3NOS. The molecule has 2 nitrogen and oxygen atoms in total. The van der Waals surface area contributed by atoms with E-state index in [9.17, 15) is 18.0 Å². The average Bonchev–Trinajstić information content (AvgIpc) is 2.47. The molecule has 7 heteroatoms. The minimum Gasteiger partial charge on any atom is -0.332 e. The highest BCUT2D eigenvalue weighted by Crippen LogP contribution is 2.23. The molecule has 84 valence electrons. The van der Waals surface area contributed by atoms with Crippen molar-refractivity contribution in [1.29, 1.82) is 0 Å². The third-order valence-electron chi connectivity index (χ3n) is 1.55. The highest BCUT2D eigenvalue weighted by molar-refractivity contribution is 7.17. The van der Waals surface area contributed by atoms with Crippen molar-refractivity contribution in [2.45, 2.75) is 6.18 Å². The van der Waals surface area contributed by atoms with Crippen molar-refractivity contribution in [3.05, 3.63) is 21.3 Å². The number of hydrogen-bond acceptors (Lipinski definition) is 2. The molecule has 1 aromatic heterocycles. The van der Waals surface area contributed by atoms with Gasteiger partial charge in [-0.2, -0.15) is 13.2 Å². The van der Waals surface area contributed by atoms with Crippen LogP contribution in [0, 0.1) is 0 Å². The van der Waals surface area contributed by atoms with Crippen molar-refractivity contribution >= 4 is 28.8 Å². The van der Waals surface area contributed by atoms with Crippen molar-refractivity contribution in [1.82, 2.24) is 4.90 Å². The van der Waals surface area contributed by atoms with Crippen molar-refractivity contribution in [3.63, 3.8) is 0 Å². The maximum absolute atomic E-state index is 12.0. The Labute approximate surface area is 93.3 Å². The first-order valence-electron chi connectivity index (χ1n) is 3.87. The molecular weight excluding hydrogens is 251 g/mol. The Bertz CT molecular complexity index is 363. The van der Waals surface area contributed by atoms with Crippen molar-refractivity contribution in [2.75, 3.05) is 13.6 Å². The largest absolute Gasteiger partial charge is 0.406 e. The van der Waals surface area contributed by atoms with Gasteiger partial charge in [0, 0.05) is 7.05 Å². The number of rotatable bonds is 2. The molecule has 0 saturated carbocycles. The summed E-state index contributed by atoms with van der Waals surface area (Å²) in [5.41, 5.74) is 0. The topological polar surface area (TPSA) is 20.3 Å². The number of carbonyl (C=O) groups is 1. The van der Waals surface area contributed by atoms with E-state index in [4.69, 9.17) is 11.6 Å². The summed E-state index contributed by atoms with van der Waals surface area (Å²) in [6.07, 6.45) is -4.38. The first-order chi connectivity index (χ1) is 6.79. The molecule has 0 N–H and O–H groups in total. The predicted molar refractivity (Wildman–Crippen MR) is 52.3 cm³/mol. The van der Waals surface area contributed by atoms with E-state index in [1.165, 1.54) is 12.1 Å². The van der Waals surface area contributed by atoms with E-state index in [0.29, 0.717) is 9.24 Å². The molecule has 0 aromatic carbocycles. The fraction of sp³-hybridized carbons (Fsp3) is 0.375. The van der Waals surface area contributed by atoms with Crippen molar-refractivity contribution < 1.29 is 18.0 Å². The molecule has 0 radical (unpaired) electrons. The number of thiophene rings is 1. The van der Waals surface area contributed by atoms with Gasteiger partial charge in [0.1, 0.15) is 6.54 Å². The number of hydrogen-bond donors (Lipinski definition) is 0. The Kier molecular flexibility index (Phi) is 3.62. The Balaban J connectivity index is 2.69. The highest BCUT2D eigenvalue weighted by atomic mass is 35.5. The minimum absolute atomic E-state index is 0.201. The molecule has 1 rings (SSSR count). The quantitative estimate of drug-likeness (QED) is 0.797. The van der Waals surface area contributed by atoms with Gasteiger partial charge in [0.2, 0.25) is 0 Å². The maximum Gasteiger partial charge on any atom is 0.406 e. The molecule has 1 amide bonds. The molecule has 0 bridgehead atoms. The summed E-state index contributed by atoms with van der Waals surface area (Å²) in [5, 5.41) is 0. The Hall–Kier alpha value is -0.750. The van der Waals surface area contributed by atoms with Gasteiger partial charge in [-0.25, -0.2) is 0 Å². The molecule has 0 aliphatic rings. The van der Waals surface area contributed by atoms with Crippen LogP contribution in [-0.4, -0.2) is 30.6 Å². The molecule has 0 aliphatic heterocycles. The van der Waals surface area contributed by atoms with Gasteiger partial charge in [0.05, 0.1) is 9.21 Å². The van der Waals surface area contributed by atoms with Crippen molar-refractivity contribution in [2.24, 2.45) is 0 Å². The van der Waals surface area contributed by atoms with Crippen LogP contribution in [0.15, 0.2) is 12.1 Å². The first-order valence-corrected chi connectivity index (χ1v) is 5.06. The zero-order valence-corrected chi connectivity index (χ0v) is 9.21. The molecule has 0 aliphatic carbocycles. The molecule has 0 saturated heterocycles. The fourth-order valence-corrected chi connectivity index (χ4v) is 2.00. The van der Waals surface area contributed by atoms with Crippen LogP contribution in [0.5, 0.6) is 0 Å². The summed E-state index contributed by atoms with van der Waals surface area (Å²) >= 11 is 6.52. The summed E-state index contributed by atoms with van der Waals surface area (Å²) in [7, 11) is 1.10. The van der Waals surface area contributed by atoms with Gasteiger partial charge in [-0.3, -0.25) is 4.79 Å². The van der Waals surface area contributed by atoms with Crippen molar-refractivity contribution in [3.8, 4) is 0 Å². The van der Waals surface area contributed by atoms with Crippen LogP contribution < -0.4 is 0 Å². The predicted octanol–water partition coefficient (Wildman–Crippen LogP) is 3.04. The average molecular weight is 258 g/mol. The normalized spacial score (nSPS) is 11.5. The van der Waals surface area contributed by atoms with Crippen LogP contribution in [0.25, 0.3) is 0 Å². The molecule has 0 fully saturated rings. The number of nitrogens with zero attached hydrogens (tertiary/aromatic N) is 1. The van der Waals surface area contributed by atoms with Crippen LogP contribution in [0.1, 0.15) is 9.67 Å². The van der Waals surface area contributed by atoms with Crippen LogP contribution in [0.2, 0.25) is 4.34 Å². The molecule has 1 heterocycles. The van der Waals surface area contributed by atoms with Gasteiger partial charge in [-0.15, -0.1) is 11.3 Å². The van der Waals surface area contributed by atoms with E-state index in [2.05, 4.69) is 0 Å². The zero-order chi connectivity index (χ0) is 11.6. The van der Waals surface area contributed by atoms with E-state index >= 15 is 0 Å². The van der Waals surface area contributed by atoms with Crippen LogP contribution in [0.3, 0.4) is 0 Å². The van der Waals surface area contributed by atoms with E-state index in [1.807, 2.05) is 0 Å². The lowest BCUT2D eigenvalue weighted by molar-refractivity contribution is -0.138. The second-order valence-corrected chi connectivity index (χ2v) is 4.60. The summed E-state index contributed by atoms with van der Waals surface area (Å²) in [6, 6.07) is 2.88. The van der Waals surface area contributed by atoms with Crippen LogP contribution in [-0.2, 0) is 0 Å². The Morgan fingerprint density at radius 3 is 2.53 bits per heavy atom. The SMILES string of the molecule is CN(CC(F)(F)F)C(=O)c1ccc(Cl)s1. The Morgan fingerprint density at radius 1 is 1.53 bits per heavy atom. The van der Waals surface area contributed by atoms with Gasteiger partial charge in [0.15, 0.2) is 0 Å². The minimum atomic E-state index is -4.38. The molecule has 15 heavy (non-hydrogen) atoms. The van der Waals surface area contributed by atoms with E-state index in [-0.39, 0.29) is 4.88 Å². The highest BCUT2D eigenvalue weighted by Gasteiger charge is 2.31. The first kappa shape index (κ1) is 12.3. The van der Waals surface area contributed by atoms with Gasteiger partial charge < -0.3 is 4.90 Å². The lowest BCUT2D eigenvalue weighted by Gasteiger charge is -2.17. The smallest absolute Gasteiger partial charge is 0.332 e. The lowest BCUT2D eigenvalue weighted by Crippen LogP contribution is -2.35. The zero-order valence-electron chi connectivity index (χ0n) is 7.64. The molecule has 0 spiro atoms. The summed E-state index contributed by atoms with van der Waals surface area (Å²) in [6.45, 7) is -1.26. The van der Waals surface area contributed by atoms with Gasteiger partial charge in [-0.1, -0.05) is 11.6 Å². The van der Waals surface area contributed by atoms with Crippen LogP contribution in [0.4, 0.5) is 13.2 Å². The molecule has 1 aromatic rings. The number of carbonyl (C=O) groups excluding carboxylic acids is 1. The molecule has 0 atom stereocenters. The fourth-order valence-electron chi connectivity index (χ4n) is 0.958. The summed E-state index contributed by atoms with van der Waals surface area (Å²) in [5.74, 6) is -0.677. The second-order valence-electron chi connectivity index (χ2n) is 2.88. The van der Waals surface area contributed by atoms with Gasteiger partial charge >= 0.3 is 6.18 Å². The third-order valence-corrected chi connectivity index (χ3v) is 2.77. The number of alkyl halides is 3. The second kappa shape index (κ2) is 4.40. The van der Waals surface area contributed by atoms with E-state index < -0.39 is 18.6 Å². The van der Waals surface area contributed by atoms with Gasteiger partial charge in [-0.05, 0) is 12.1 Å². The third kappa shape index (κ3) is 3.71. The summed E-state index contributed by atoms with van der Waals surface area (Å²) < 4.78 is 36.3. The monoisotopic (exact) mass is 257 g/mol. The maximum atomic E-state index is 12.0. The van der Waals surface area contributed by atoms with Gasteiger partial charge in [0.25, 0.3) is 5.91 Å². The number of halogens is 4. The Morgan fingerprint density at radius 2 is 2.13 bits per heavy atom. The molecule has 0 unspecified atom stereocenters. The van der Waals surface area contributed by atoms with Crippen LogP contribution >= 0.6 is 22.9 Å². The standard InChI is InChI=1S/C8H7ClF3NOS/c1-13(4-8(10,11)12)7(14)5-2-3-6(9)15-5/h2-3H,4H2,1H3.